The molecule has 0 saturated heterocycles. The Kier molecular flexibility index (Phi) is 12.4. The number of hydrogen-bond acceptors (Lipinski definition) is 6. The maximum absolute atomic E-state index is 12.3. The highest BCUT2D eigenvalue weighted by Gasteiger charge is 2.22. The van der Waals surface area contributed by atoms with Crippen molar-refractivity contribution in [2.45, 2.75) is 54.4 Å². The fourth-order valence-electron chi connectivity index (χ4n) is 2.28. The van der Waals surface area contributed by atoms with Crippen LogP contribution in [0.15, 0.2) is 44.8 Å². The number of nitrogens with two attached hydrogens (primary N) is 1. The predicted molar refractivity (Wildman–Crippen MR) is 118 cm³/mol. The van der Waals surface area contributed by atoms with Crippen molar-refractivity contribution in [2.24, 2.45) is 5.73 Å². The molecule has 1 aromatic heterocycles. The minimum Gasteiger partial charge on any atom is -0.510 e. The van der Waals surface area contributed by atoms with Crippen molar-refractivity contribution >= 4 is 23.1 Å². The van der Waals surface area contributed by atoms with Gasteiger partial charge in [-0.1, -0.05) is 63.0 Å². The molecule has 0 fully saturated rings. The maximum atomic E-state index is 12.3. The summed E-state index contributed by atoms with van der Waals surface area (Å²) in [5, 5.41) is 14.0. The lowest BCUT2D eigenvalue weighted by atomic mass is 10.1. The minimum atomic E-state index is -0.404. The largest absolute Gasteiger partial charge is 0.510 e. The average molecular weight is 425 g/mol. The van der Waals surface area contributed by atoms with Gasteiger partial charge in [0.25, 0.3) is 0 Å². The summed E-state index contributed by atoms with van der Waals surface area (Å²) in [6, 6.07) is 0. The second-order valence-corrected chi connectivity index (χ2v) is 6.23. The Bertz CT molecular complexity index is 792. The number of carbonyl (C=O) groups is 1. The van der Waals surface area contributed by atoms with Crippen LogP contribution < -0.4 is 5.73 Å². The molecule has 29 heavy (non-hydrogen) atoms. The Balaban J connectivity index is 0.00000184. The second-order valence-electron chi connectivity index (χ2n) is 5.82. The number of amides is 1. The van der Waals surface area contributed by atoms with Crippen molar-refractivity contribution in [1.82, 2.24) is 15.0 Å². The number of nitrogens with zero attached hydrogens (tertiary/aromatic N) is 3. The first-order valence-corrected chi connectivity index (χ1v) is 10.2. The number of rotatable bonds is 5. The van der Waals surface area contributed by atoms with E-state index in [1.807, 2.05) is 47.6 Å². The molecule has 1 heterocycles. The van der Waals surface area contributed by atoms with Crippen LogP contribution in [0.1, 0.15) is 70.9 Å². The normalized spacial score (nSPS) is 13.9. The second kappa shape index (κ2) is 13.6. The van der Waals surface area contributed by atoms with Gasteiger partial charge in [-0.2, -0.15) is 4.98 Å². The Morgan fingerprint density at radius 2 is 1.97 bits per heavy atom. The van der Waals surface area contributed by atoms with E-state index in [1.54, 1.807) is 13.1 Å². The number of carbonyl (C=O) groups excluding carboxylic acids is 1. The Labute approximate surface area is 178 Å². The Hall–Kier alpha value is -2.54. The minimum absolute atomic E-state index is 0.0911. The van der Waals surface area contributed by atoms with Crippen LogP contribution in [0.2, 0.25) is 0 Å². The summed E-state index contributed by atoms with van der Waals surface area (Å²) < 4.78 is 5.09. The summed E-state index contributed by atoms with van der Waals surface area (Å²) in [6.07, 6.45) is 5.95. The quantitative estimate of drug-likeness (QED) is 0.673. The summed E-state index contributed by atoms with van der Waals surface area (Å²) in [6.45, 7) is 12.2. The molecule has 2 rings (SSSR count). The fourth-order valence-corrected chi connectivity index (χ4v) is 2.46. The summed E-state index contributed by atoms with van der Waals surface area (Å²) in [5.74, 6) is -0.198. The van der Waals surface area contributed by atoms with Gasteiger partial charge >= 0.3 is 11.8 Å². The van der Waals surface area contributed by atoms with Crippen LogP contribution in [0, 0.1) is 0 Å². The lowest BCUT2D eigenvalue weighted by molar-refractivity contribution is 0.0758. The highest BCUT2D eigenvalue weighted by molar-refractivity contribution is 6.32. The van der Waals surface area contributed by atoms with E-state index in [2.05, 4.69) is 10.1 Å². The van der Waals surface area contributed by atoms with E-state index in [-0.39, 0.29) is 22.5 Å². The van der Waals surface area contributed by atoms with Crippen molar-refractivity contribution in [2.75, 3.05) is 13.6 Å². The summed E-state index contributed by atoms with van der Waals surface area (Å²) >= 11 is 6.07. The van der Waals surface area contributed by atoms with Gasteiger partial charge in [-0.15, -0.1) is 0 Å². The number of allylic oxidation sites excluding steroid dienone is 5. The molecule has 1 amide bonds. The topological polar surface area (TPSA) is 105 Å². The van der Waals surface area contributed by atoms with Crippen molar-refractivity contribution in [1.29, 1.82) is 0 Å². The summed E-state index contributed by atoms with van der Waals surface area (Å²) in [4.78, 5) is 17.9. The monoisotopic (exact) mass is 424 g/mol. The molecule has 3 N–H and O–H groups in total. The smallest absolute Gasteiger partial charge is 0.316 e. The van der Waals surface area contributed by atoms with Crippen molar-refractivity contribution in [3.63, 3.8) is 0 Å². The molecular weight excluding hydrogens is 392 g/mol. The zero-order valence-electron chi connectivity index (χ0n) is 18.4. The highest BCUT2D eigenvalue weighted by Crippen LogP contribution is 2.29. The lowest BCUT2D eigenvalue weighted by Crippen LogP contribution is -2.28. The molecular formula is C21H33ClN4O3. The number of aliphatic hydroxyl groups excluding tert-OH is 1. The Morgan fingerprint density at radius 1 is 1.34 bits per heavy atom. The van der Waals surface area contributed by atoms with Gasteiger partial charge in [0.2, 0.25) is 5.82 Å². The average Bonchev–Trinajstić information content (AvgIpc) is 3.19. The highest BCUT2D eigenvalue weighted by atomic mass is 35.5. The molecule has 162 valence electrons. The number of likely N-dealkylation sites (N-methyl/N-ethyl adjacent to an activating group) is 1. The number of hydrogen-bond donors (Lipinski definition) is 2. The third kappa shape index (κ3) is 7.77. The third-order valence-corrected chi connectivity index (χ3v) is 4.08. The van der Waals surface area contributed by atoms with Gasteiger partial charge in [0.1, 0.15) is 5.76 Å². The van der Waals surface area contributed by atoms with Crippen molar-refractivity contribution in [3.8, 4) is 0 Å². The van der Waals surface area contributed by atoms with Crippen LogP contribution in [0.5, 0.6) is 0 Å². The van der Waals surface area contributed by atoms with Crippen LogP contribution in [0.25, 0.3) is 5.57 Å². The van der Waals surface area contributed by atoms with Gasteiger partial charge in [-0.05, 0) is 31.2 Å². The van der Waals surface area contributed by atoms with Gasteiger partial charge in [0.05, 0.1) is 5.03 Å². The first-order valence-electron chi connectivity index (χ1n) is 9.81. The van der Waals surface area contributed by atoms with E-state index in [4.69, 9.17) is 21.9 Å². The van der Waals surface area contributed by atoms with E-state index < -0.39 is 5.91 Å². The SMILES string of the molecule is CC.CC.CCC1=CC(c2noc(C(=O)N(C)C/C(C)=C/N)n2)=CC(Cl)=C(O)C1. The molecule has 0 aromatic carbocycles. The first kappa shape index (κ1) is 26.5. The van der Waals surface area contributed by atoms with Crippen LogP contribution in [0.3, 0.4) is 0 Å². The zero-order chi connectivity index (χ0) is 22.6. The Morgan fingerprint density at radius 3 is 2.52 bits per heavy atom. The van der Waals surface area contributed by atoms with Gasteiger partial charge < -0.3 is 20.3 Å². The molecule has 0 spiro atoms. The lowest BCUT2D eigenvalue weighted by Gasteiger charge is -2.14. The number of halogens is 1. The molecule has 8 heteroatoms. The molecule has 1 aliphatic rings. The van der Waals surface area contributed by atoms with Gasteiger partial charge in [0, 0.05) is 25.6 Å². The number of aromatic nitrogens is 2. The van der Waals surface area contributed by atoms with Crippen molar-refractivity contribution in [3.05, 3.63) is 52.0 Å². The summed E-state index contributed by atoms with van der Waals surface area (Å²) in [7, 11) is 1.62. The van der Waals surface area contributed by atoms with Crippen LogP contribution in [0.4, 0.5) is 0 Å². The molecule has 0 atom stereocenters. The summed E-state index contributed by atoms with van der Waals surface area (Å²) in [5.41, 5.74) is 7.81. The molecule has 1 aromatic rings. The van der Waals surface area contributed by atoms with Crippen molar-refractivity contribution < 1.29 is 14.4 Å². The molecule has 0 saturated carbocycles. The van der Waals surface area contributed by atoms with Crippen LogP contribution >= 0.6 is 11.6 Å². The van der Waals surface area contributed by atoms with E-state index in [1.165, 1.54) is 11.1 Å². The standard InChI is InChI=1S/C17H21ClN4O3.2C2H6/c1-4-11-5-12(7-13(18)14(23)6-11)15-20-16(25-21-15)17(24)22(3)9-10(2)8-19;2*1-2/h5,7-8,23H,4,6,9,19H2,1-3H3;2*1-2H3/b10-8+;;. The molecule has 1 aliphatic carbocycles. The van der Waals surface area contributed by atoms with E-state index >= 15 is 0 Å². The zero-order valence-corrected chi connectivity index (χ0v) is 19.2. The molecule has 0 radical (unpaired) electrons. The molecule has 0 bridgehead atoms. The third-order valence-electron chi connectivity index (χ3n) is 3.75. The van der Waals surface area contributed by atoms with E-state index in [0.29, 0.717) is 18.5 Å². The maximum Gasteiger partial charge on any atom is 0.316 e. The predicted octanol–water partition coefficient (Wildman–Crippen LogP) is 5.19. The van der Waals surface area contributed by atoms with Gasteiger partial charge in [-0.25, -0.2) is 0 Å². The fraction of sp³-hybridized carbons (Fsp3) is 0.476. The van der Waals surface area contributed by atoms with Gasteiger partial charge in [0.15, 0.2) is 0 Å². The first-order chi connectivity index (χ1) is 13.8. The van der Waals surface area contributed by atoms with Crippen LogP contribution in [-0.4, -0.2) is 39.6 Å². The van der Waals surface area contributed by atoms with Gasteiger partial charge in [-0.3, -0.25) is 4.79 Å². The van der Waals surface area contributed by atoms with Crippen LogP contribution in [-0.2, 0) is 0 Å². The molecule has 0 unspecified atom stereocenters. The molecule has 7 nitrogen and oxygen atoms in total. The number of aliphatic hydroxyl groups is 1. The van der Waals surface area contributed by atoms with E-state index in [9.17, 15) is 9.90 Å². The molecule has 0 aliphatic heterocycles. The van der Waals surface area contributed by atoms with E-state index in [0.717, 1.165) is 17.6 Å².